The predicted octanol–water partition coefficient (Wildman–Crippen LogP) is 10.2. The van der Waals surface area contributed by atoms with Crippen LogP contribution in [0, 0.1) is 0 Å². The van der Waals surface area contributed by atoms with E-state index in [1.807, 2.05) is 0 Å². The number of rotatable bonds is 4. The number of benzene rings is 2. The van der Waals surface area contributed by atoms with Crippen LogP contribution >= 0.6 is 0 Å². The molecule has 2 nitrogen and oxygen atoms in total. The summed E-state index contributed by atoms with van der Waals surface area (Å²) >= 11 is 0. The van der Waals surface area contributed by atoms with E-state index in [4.69, 9.17) is 9.98 Å². The monoisotopic (exact) mass is 474 g/mol. The lowest BCUT2D eigenvalue weighted by Crippen LogP contribution is -2.15. The van der Waals surface area contributed by atoms with Gasteiger partial charge in [0.05, 0.1) is 11.4 Å². The molecule has 0 saturated carbocycles. The third-order valence-electron chi connectivity index (χ3n) is 6.48. The van der Waals surface area contributed by atoms with Crippen molar-refractivity contribution in [2.24, 2.45) is 9.98 Å². The van der Waals surface area contributed by atoms with Crippen LogP contribution in [0.15, 0.2) is 46.4 Å². The summed E-state index contributed by atoms with van der Waals surface area (Å²) in [5, 5.41) is 0. The summed E-state index contributed by atoms with van der Waals surface area (Å²) in [5.41, 5.74) is 9.80. The highest BCUT2D eigenvalue weighted by Crippen LogP contribution is 2.37. The standard InChI is InChI=1S/C33H50N2/c1-22(34-28-20-24(30(3,4)5)15-17-26(28)32(9,10)11)19-23(2)35-29-21-25(31(6,7)8)16-18-27(29)33(12,13)14/h15-18,20-21H,19H2,1-14H3. The first kappa shape index (κ1) is 29.0. The second kappa shape index (κ2) is 10.0. The van der Waals surface area contributed by atoms with E-state index in [0.29, 0.717) is 0 Å². The molecule has 2 heteroatoms. The van der Waals surface area contributed by atoms with E-state index in [2.05, 4.69) is 133 Å². The van der Waals surface area contributed by atoms with Crippen LogP contribution in [0.2, 0.25) is 0 Å². The Morgan fingerprint density at radius 2 is 0.829 bits per heavy atom. The Morgan fingerprint density at radius 1 is 0.514 bits per heavy atom. The molecule has 2 rings (SSSR count). The van der Waals surface area contributed by atoms with Crippen LogP contribution in [0.3, 0.4) is 0 Å². The normalized spacial score (nSPS) is 14.5. The van der Waals surface area contributed by atoms with Gasteiger partial charge in [-0.05, 0) is 69.9 Å². The lowest BCUT2D eigenvalue weighted by atomic mass is 9.81. The average Bonchev–Trinajstić information content (AvgIpc) is 2.64. The Kier molecular flexibility index (Phi) is 8.32. The number of aliphatic imine (C=N–C) groups is 2. The first-order chi connectivity index (χ1) is 15.7. The number of nitrogens with zero attached hydrogens (tertiary/aromatic N) is 2. The van der Waals surface area contributed by atoms with Crippen molar-refractivity contribution >= 4 is 22.8 Å². The zero-order valence-corrected chi connectivity index (χ0v) is 25.1. The van der Waals surface area contributed by atoms with Crippen molar-refractivity contribution in [3.63, 3.8) is 0 Å². The maximum absolute atomic E-state index is 5.15. The minimum absolute atomic E-state index is 0.0354. The summed E-state index contributed by atoms with van der Waals surface area (Å²) in [7, 11) is 0. The molecule has 0 amide bonds. The molecule has 0 aliphatic carbocycles. The van der Waals surface area contributed by atoms with E-state index in [1.54, 1.807) is 0 Å². The predicted molar refractivity (Wildman–Crippen MR) is 158 cm³/mol. The van der Waals surface area contributed by atoms with Crippen molar-refractivity contribution in [2.45, 2.75) is 125 Å². The van der Waals surface area contributed by atoms with Crippen molar-refractivity contribution in [2.75, 3.05) is 0 Å². The summed E-state index contributed by atoms with van der Waals surface area (Å²) in [6.45, 7) is 31.4. The fourth-order valence-electron chi connectivity index (χ4n) is 4.31. The van der Waals surface area contributed by atoms with Gasteiger partial charge in [0.2, 0.25) is 0 Å². The lowest BCUT2D eigenvalue weighted by molar-refractivity contribution is 0.578. The molecule has 0 aliphatic rings. The molecule has 0 aliphatic heterocycles. The van der Waals surface area contributed by atoms with Gasteiger partial charge in [0, 0.05) is 17.8 Å². The van der Waals surface area contributed by atoms with Gasteiger partial charge < -0.3 is 0 Å². The second-order valence-corrected chi connectivity index (χ2v) is 14.3. The fourth-order valence-corrected chi connectivity index (χ4v) is 4.31. The van der Waals surface area contributed by atoms with Crippen molar-refractivity contribution < 1.29 is 0 Å². The third kappa shape index (κ3) is 7.89. The smallest absolute Gasteiger partial charge is 0.0669 e. The van der Waals surface area contributed by atoms with Crippen LogP contribution in [-0.4, -0.2) is 11.4 Å². The third-order valence-corrected chi connectivity index (χ3v) is 6.48. The first-order valence-electron chi connectivity index (χ1n) is 13.1. The second-order valence-electron chi connectivity index (χ2n) is 14.3. The van der Waals surface area contributed by atoms with Gasteiger partial charge in [0.25, 0.3) is 0 Å². The Morgan fingerprint density at radius 3 is 1.09 bits per heavy atom. The van der Waals surface area contributed by atoms with Crippen LogP contribution in [0.5, 0.6) is 0 Å². The van der Waals surface area contributed by atoms with Crippen LogP contribution in [0.4, 0.5) is 11.4 Å². The summed E-state index contributed by atoms with van der Waals surface area (Å²) in [6.07, 6.45) is 0.757. The molecule has 0 aromatic heterocycles. The van der Waals surface area contributed by atoms with Gasteiger partial charge in [-0.2, -0.15) is 0 Å². The summed E-state index contributed by atoms with van der Waals surface area (Å²) < 4.78 is 0. The lowest BCUT2D eigenvalue weighted by Gasteiger charge is -2.26. The van der Waals surface area contributed by atoms with Gasteiger partial charge in [-0.3, -0.25) is 9.98 Å². The topological polar surface area (TPSA) is 24.7 Å². The molecule has 2 aromatic rings. The van der Waals surface area contributed by atoms with Gasteiger partial charge >= 0.3 is 0 Å². The average molecular weight is 475 g/mol. The number of hydrogen-bond acceptors (Lipinski definition) is 2. The molecule has 0 radical (unpaired) electrons. The van der Waals surface area contributed by atoms with E-state index in [0.717, 1.165) is 29.2 Å². The quantitative estimate of drug-likeness (QED) is 0.394. The minimum Gasteiger partial charge on any atom is -0.257 e. The number of hydrogen-bond donors (Lipinski definition) is 0. The SMILES string of the molecule is CC(CC(C)=Nc1cc(C(C)(C)C)ccc1C(C)(C)C)=Nc1cc(C(C)(C)C)ccc1C(C)(C)C. The molecule has 0 spiro atoms. The van der Waals surface area contributed by atoms with Gasteiger partial charge in [-0.25, -0.2) is 0 Å². The molecule has 0 bridgehead atoms. The molecule has 35 heavy (non-hydrogen) atoms. The van der Waals surface area contributed by atoms with E-state index < -0.39 is 0 Å². The molecule has 0 heterocycles. The van der Waals surface area contributed by atoms with Gasteiger partial charge in [0.15, 0.2) is 0 Å². The largest absolute Gasteiger partial charge is 0.257 e. The van der Waals surface area contributed by atoms with E-state index in [1.165, 1.54) is 22.3 Å². The van der Waals surface area contributed by atoms with Gasteiger partial charge in [-0.15, -0.1) is 0 Å². The molecule has 0 fully saturated rings. The highest BCUT2D eigenvalue weighted by atomic mass is 14.8. The van der Waals surface area contributed by atoms with Crippen LogP contribution in [-0.2, 0) is 21.7 Å². The van der Waals surface area contributed by atoms with Crippen molar-refractivity contribution in [1.29, 1.82) is 0 Å². The van der Waals surface area contributed by atoms with Gasteiger partial charge in [-0.1, -0.05) is 107 Å². The zero-order valence-electron chi connectivity index (χ0n) is 25.1. The molecule has 192 valence electrons. The van der Waals surface area contributed by atoms with Crippen molar-refractivity contribution in [3.05, 3.63) is 58.7 Å². The van der Waals surface area contributed by atoms with Crippen molar-refractivity contribution in [3.8, 4) is 0 Å². The molecule has 0 atom stereocenters. The fraction of sp³-hybridized carbons (Fsp3) is 0.576. The summed E-state index contributed by atoms with van der Waals surface area (Å²) in [6, 6.07) is 13.6. The van der Waals surface area contributed by atoms with Gasteiger partial charge in [0.1, 0.15) is 0 Å². The highest BCUT2D eigenvalue weighted by molar-refractivity contribution is 6.04. The zero-order chi connectivity index (χ0) is 27.0. The molecular formula is C33H50N2. The molecule has 2 aromatic carbocycles. The summed E-state index contributed by atoms with van der Waals surface area (Å²) in [4.78, 5) is 10.3. The van der Waals surface area contributed by atoms with E-state index in [-0.39, 0.29) is 21.7 Å². The maximum Gasteiger partial charge on any atom is 0.0669 e. The van der Waals surface area contributed by atoms with E-state index >= 15 is 0 Å². The van der Waals surface area contributed by atoms with Crippen molar-refractivity contribution in [1.82, 2.24) is 0 Å². The summed E-state index contributed by atoms with van der Waals surface area (Å²) in [5.74, 6) is 0. The van der Waals surface area contributed by atoms with Crippen LogP contribution in [0.1, 0.15) is 126 Å². The molecular weight excluding hydrogens is 424 g/mol. The Labute approximate surface area is 216 Å². The van der Waals surface area contributed by atoms with Crippen LogP contribution < -0.4 is 0 Å². The minimum atomic E-state index is 0.0354. The highest BCUT2D eigenvalue weighted by Gasteiger charge is 2.23. The van der Waals surface area contributed by atoms with E-state index in [9.17, 15) is 0 Å². The Balaban J connectivity index is 2.51. The molecule has 0 N–H and O–H groups in total. The van der Waals surface area contributed by atoms with Crippen LogP contribution in [0.25, 0.3) is 0 Å². The first-order valence-corrected chi connectivity index (χ1v) is 13.1. The Bertz CT molecular complexity index is 1010. The maximum atomic E-state index is 5.15. The Hall–Kier alpha value is -2.22. The molecule has 0 unspecified atom stereocenters. The molecule has 0 saturated heterocycles.